The number of fused-ring (bicyclic) bond motifs is 3. The van der Waals surface area contributed by atoms with Gasteiger partial charge in [-0.15, -0.1) is 0 Å². The number of anilines is 1. The van der Waals surface area contributed by atoms with Crippen LogP contribution in [0.2, 0.25) is 0 Å². The highest BCUT2D eigenvalue weighted by Crippen LogP contribution is 2.41. The van der Waals surface area contributed by atoms with Crippen LogP contribution in [0.25, 0.3) is 33.1 Å². The van der Waals surface area contributed by atoms with Crippen LogP contribution in [0, 0.1) is 13.8 Å². The molecule has 9 heteroatoms. The third kappa shape index (κ3) is 3.82. The molecule has 0 saturated carbocycles. The molecule has 184 valence electrons. The first-order valence-electron chi connectivity index (χ1n) is 11.8. The number of para-hydroxylation sites is 1. The van der Waals surface area contributed by atoms with Crippen molar-refractivity contribution >= 4 is 39.3 Å². The Morgan fingerprint density at radius 1 is 1.17 bits per heavy atom. The van der Waals surface area contributed by atoms with Crippen LogP contribution < -0.4 is 15.8 Å². The van der Waals surface area contributed by atoms with Gasteiger partial charge in [-0.2, -0.15) is 0 Å². The van der Waals surface area contributed by atoms with Crippen molar-refractivity contribution in [2.75, 3.05) is 19.5 Å². The Labute approximate surface area is 208 Å². The van der Waals surface area contributed by atoms with Crippen LogP contribution >= 0.6 is 0 Å². The summed E-state index contributed by atoms with van der Waals surface area (Å²) < 4.78 is 11.2. The quantitative estimate of drug-likeness (QED) is 0.212. The number of nitrogens with zero attached hydrogens (tertiary/aromatic N) is 4. The van der Waals surface area contributed by atoms with Crippen molar-refractivity contribution < 1.29 is 9.26 Å². The summed E-state index contributed by atoms with van der Waals surface area (Å²) in [5, 5.41) is 8.95. The highest BCUT2D eigenvalue weighted by Gasteiger charge is 2.21. The van der Waals surface area contributed by atoms with E-state index >= 15 is 0 Å². The number of benzene rings is 2. The second-order valence-corrected chi connectivity index (χ2v) is 9.00. The van der Waals surface area contributed by atoms with E-state index in [0.29, 0.717) is 28.9 Å². The topological polar surface area (TPSA) is 127 Å². The highest BCUT2D eigenvalue weighted by atomic mass is 16.5. The van der Waals surface area contributed by atoms with Crippen molar-refractivity contribution in [1.29, 1.82) is 0 Å². The van der Waals surface area contributed by atoms with Gasteiger partial charge in [0, 0.05) is 40.7 Å². The molecule has 3 aromatic heterocycles. The van der Waals surface area contributed by atoms with Crippen LogP contribution in [0.3, 0.4) is 0 Å². The predicted molar refractivity (Wildman–Crippen MR) is 143 cm³/mol. The van der Waals surface area contributed by atoms with E-state index in [1.165, 1.54) is 0 Å². The summed E-state index contributed by atoms with van der Waals surface area (Å²) in [6, 6.07) is 11.8. The van der Waals surface area contributed by atoms with E-state index in [1.54, 1.807) is 7.11 Å². The Morgan fingerprint density at radius 2 is 1.94 bits per heavy atom. The summed E-state index contributed by atoms with van der Waals surface area (Å²) in [4.78, 5) is 17.9. The van der Waals surface area contributed by atoms with E-state index in [4.69, 9.17) is 30.0 Å². The Bertz CT molecular complexity index is 1610. The smallest absolute Gasteiger partial charge is 0.168 e. The zero-order valence-corrected chi connectivity index (χ0v) is 21.2. The van der Waals surface area contributed by atoms with Crippen molar-refractivity contribution in [3.8, 4) is 16.9 Å². The summed E-state index contributed by atoms with van der Waals surface area (Å²) in [6.45, 7) is 7.91. The molecule has 0 atom stereocenters. The van der Waals surface area contributed by atoms with Crippen molar-refractivity contribution in [3.05, 3.63) is 59.2 Å². The van der Waals surface area contributed by atoms with Crippen LogP contribution in [0.4, 0.5) is 11.5 Å². The molecule has 0 amide bonds. The lowest BCUT2D eigenvalue weighted by molar-refractivity contribution is 0.393. The second kappa shape index (κ2) is 8.99. The van der Waals surface area contributed by atoms with E-state index in [9.17, 15) is 0 Å². The molecular weight excluding hydrogens is 454 g/mol. The lowest BCUT2D eigenvalue weighted by Crippen LogP contribution is -2.15. The van der Waals surface area contributed by atoms with E-state index in [1.807, 2.05) is 57.3 Å². The van der Waals surface area contributed by atoms with Crippen LogP contribution in [0.1, 0.15) is 42.6 Å². The predicted octanol–water partition coefficient (Wildman–Crippen LogP) is 5.59. The van der Waals surface area contributed by atoms with Gasteiger partial charge in [-0.05, 0) is 38.1 Å². The van der Waals surface area contributed by atoms with Gasteiger partial charge in [0.05, 0.1) is 23.8 Å². The van der Waals surface area contributed by atoms with Gasteiger partial charge in [0.1, 0.15) is 28.8 Å². The molecule has 0 fully saturated rings. The zero-order valence-electron chi connectivity index (χ0n) is 21.2. The average Bonchev–Trinajstić information content (AvgIpc) is 3.40. The number of aliphatic imine (C=N–C) groups is 1. The van der Waals surface area contributed by atoms with E-state index in [0.717, 1.165) is 50.1 Å². The summed E-state index contributed by atoms with van der Waals surface area (Å²) in [6.07, 6.45) is 0. The molecule has 3 heterocycles. The van der Waals surface area contributed by atoms with Crippen LogP contribution in [0.15, 0.2) is 45.9 Å². The number of hydrogen-bond acceptors (Lipinski definition) is 7. The molecule has 0 saturated heterocycles. The minimum Gasteiger partial charge on any atom is -0.496 e. The second-order valence-electron chi connectivity index (χ2n) is 9.00. The van der Waals surface area contributed by atoms with Gasteiger partial charge in [0.15, 0.2) is 5.82 Å². The van der Waals surface area contributed by atoms with Crippen molar-refractivity contribution in [2.24, 2.45) is 10.7 Å². The van der Waals surface area contributed by atoms with Crippen molar-refractivity contribution in [3.63, 3.8) is 0 Å². The van der Waals surface area contributed by atoms with Crippen LogP contribution in [-0.2, 0) is 0 Å². The van der Waals surface area contributed by atoms with E-state index in [2.05, 4.69) is 29.3 Å². The SMILES string of the molecule is CNc1ccccc1C(N)=Nc1nc(C(C)C)nc2[nH]c3cc(-c4c(C)noc4C)c(OC)cc3c12. The fourth-order valence-electron chi connectivity index (χ4n) is 4.49. The van der Waals surface area contributed by atoms with Crippen LogP contribution in [-0.4, -0.2) is 40.1 Å². The minimum absolute atomic E-state index is 0.105. The van der Waals surface area contributed by atoms with Crippen molar-refractivity contribution in [2.45, 2.75) is 33.6 Å². The van der Waals surface area contributed by atoms with Gasteiger partial charge < -0.3 is 25.3 Å². The largest absolute Gasteiger partial charge is 0.496 e. The molecule has 4 N–H and O–H groups in total. The summed E-state index contributed by atoms with van der Waals surface area (Å²) in [5.74, 6) is 3.07. The van der Waals surface area contributed by atoms with E-state index in [-0.39, 0.29) is 5.92 Å². The number of nitrogens with two attached hydrogens (primary N) is 1. The molecule has 0 aliphatic rings. The Kier molecular flexibility index (Phi) is 5.83. The molecular formula is C27H29N7O2. The lowest BCUT2D eigenvalue weighted by Gasteiger charge is -2.10. The van der Waals surface area contributed by atoms with Crippen LogP contribution in [0.5, 0.6) is 5.75 Å². The number of aryl methyl sites for hydroxylation is 2. The summed E-state index contributed by atoms with van der Waals surface area (Å²) >= 11 is 0. The van der Waals surface area contributed by atoms with E-state index < -0.39 is 0 Å². The maximum atomic E-state index is 6.51. The third-order valence-electron chi connectivity index (χ3n) is 6.29. The molecule has 0 unspecified atom stereocenters. The Hall–Kier alpha value is -4.40. The number of ether oxygens (including phenoxy) is 1. The Balaban J connectivity index is 1.80. The zero-order chi connectivity index (χ0) is 25.6. The molecule has 0 radical (unpaired) electrons. The fourth-order valence-corrected chi connectivity index (χ4v) is 4.49. The standard InChI is InChI=1S/C27H29N7O2/c1-13(2)25-32-26-23(27(33-25)31-24(28)16-9-7-8-10-19(16)29-5)17-12-21(35-6)18(11-20(17)30-26)22-14(3)34-36-15(22)4/h7-13,29H,1-6H3,(H3,28,30,31,32,33). The van der Waals surface area contributed by atoms with Gasteiger partial charge in [0.2, 0.25) is 0 Å². The summed E-state index contributed by atoms with van der Waals surface area (Å²) in [5.41, 5.74) is 12.4. The third-order valence-corrected chi connectivity index (χ3v) is 6.29. The number of methoxy groups -OCH3 is 1. The number of aromatic amines is 1. The van der Waals surface area contributed by atoms with Gasteiger partial charge in [-0.3, -0.25) is 0 Å². The number of amidine groups is 1. The molecule has 0 aliphatic heterocycles. The number of nitrogens with one attached hydrogen (secondary N) is 2. The molecule has 0 aliphatic carbocycles. The maximum absolute atomic E-state index is 6.51. The molecule has 2 aromatic carbocycles. The number of aromatic nitrogens is 4. The molecule has 5 aromatic rings. The highest BCUT2D eigenvalue weighted by molar-refractivity contribution is 6.14. The normalized spacial score (nSPS) is 12.1. The number of H-pyrrole nitrogens is 1. The molecule has 9 nitrogen and oxygen atoms in total. The Morgan fingerprint density at radius 3 is 2.61 bits per heavy atom. The lowest BCUT2D eigenvalue weighted by atomic mass is 10.0. The number of rotatable bonds is 6. The van der Waals surface area contributed by atoms with Gasteiger partial charge in [-0.25, -0.2) is 15.0 Å². The first-order chi connectivity index (χ1) is 17.3. The fraction of sp³-hybridized carbons (Fsp3) is 0.259. The average molecular weight is 484 g/mol. The molecule has 5 rings (SSSR count). The summed E-state index contributed by atoms with van der Waals surface area (Å²) in [7, 11) is 3.51. The van der Waals surface area contributed by atoms with Gasteiger partial charge in [-0.1, -0.05) is 31.1 Å². The molecule has 0 spiro atoms. The maximum Gasteiger partial charge on any atom is 0.168 e. The van der Waals surface area contributed by atoms with Gasteiger partial charge >= 0.3 is 0 Å². The van der Waals surface area contributed by atoms with Crippen molar-refractivity contribution in [1.82, 2.24) is 20.1 Å². The number of hydrogen-bond donors (Lipinski definition) is 3. The molecule has 36 heavy (non-hydrogen) atoms. The monoisotopic (exact) mass is 483 g/mol. The minimum atomic E-state index is 0.105. The molecule has 0 bridgehead atoms. The van der Waals surface area contributed by atoms with Gasteiger partial charge in [0.25, 0.3) is 0 Å². The first-order valence-corrected chi connectivity index (χ1v) is 11.8. The first kappa shape index (κ1) is 23.3.